The van der Waals surface area contributed by atoms with E-state index in [9.17, 15) is 4.79 Å². The molecule has 5 heteroatoms. The number of benzene rings is 1. The fourth-order valence-corrected chi connectivity index (χ4v) is 5.39. The molecule has 1 aromatic rings. The minimum atomic E-state index is -0.419. The van der Waals surface area contributed by atoms with Crippen LogP contribution < -0.4 is 9.47 Å². The van der Waals surface area contributed by atoms with Crippen LogP contribution in [0.5, 0.6) is 11.5 Å². The third-order valence-electron chi connectivity index (χ3n) is 6.94. The lowest BCUT2D eigenvalue weighted by Gasteiger charge is -2.43. The molecule has 148 valence electrons. The first kappa shape index (κ1) is 18.6. The Bertz CT molecular complexity index is 690. The fraction of sp³-hybridized carbons (Fsp3) is 0.682. The Balaban J connectivity index is 1.64. The van der Waals surface area contributed by atoms with Crippen LogP contribution in [0.4, 0.5) is 0 Å². The average Bonchev–Trinajstić information content (AvgIpc) is 3.37. The van der Waals surface area contributed by atoms with Crippen molar-refractivity contribution in [2.24, 2.45) is 5.41 Å². The zero-order chi connectivity index (χ0) is 18.9. The summed E-state index contributed by atoms with van der Waals surface area (Å²) in [6.45, 7) is 3.36. The normalized spacial score (nSPS) is 27.1. The molecule has 5 nitrogen and oxygen atoms in total. The topological polar surface area (TPSA) is 48.0 Å². The van der Waals surface area contributed by atoms with Crippen LogP contribution in [-0.2, 0) is 14.9 Å². The molecule has 2 saturated heterocycles. The van der Waals surface area contributed by atoms with E-state index in [-0.39, 0.29) is 5.41 Å². The van der Waals surface area contributed by atoms with Gasteiger partial charge in [-0.05, 0) is 49.8 Å². The summed E-state index contributed by atoms with van der Waals surface area (Å²) in [5.74, 6) is 1.72. The number of amides is 1. The zero-order valence-electron chi connectivity index (χ0n) is 16.6. The van der Waals surface area contributed by atoms with E-state index in [0.717, 1.165) is 70.4 Å². The maximum absolute atomic E-state index is 13.8. The number of hydrogen-bond donors (Lipinski definition) is 0. The second kappa shape index (κ2) is 7.34. The Kier molecular flexibility index (Phi) is 5.06. The first-order chi connectivity index (χ1) is 13.1. The first-order valence-corrected chi connectivity index (χ1v) is 10.2. The van der Waals surface area contributed by atoms with E-state index in [2.05, 4.69) is 11.0 Å². The van der Waals surface area contributed by atoms with E-state index in [0.29, 0.717) is 17.4 Å². The third-order valence-corrected chi connectivity index (χ3v) is 6.94. The molecule has 27 heavy (non-hydrogen) atoms. The number of piperidine rings is 1. The van der Waals surface area contributed by atoms with E-state index < -0.39 is 5.41 Å². The van der Waals surface area contributed by atoms with Crippen LogP contribution in [0.15, 0.2) is 18.2 Å². The van der Waals surface area contributed by atoms with Gasteiger partial charge in [-0.1, -0.05) is 18.9 Å². The molecule has 1 unspecified atom stereocenters. The summed E-state index contributed by atoms with van der Waals surface area (Å²) in [6.07, 6.45) is 7.38. The lowest BCUT2D eigenvalue weighted by molar-refractivity contribution is -0.141. The van der Waals surface area contributed by atoms with E-state index in [4.69, 9.17) is 14.2 Å². The van der Waals surface area contributed by atoms with Crippen LogP contribution in [0.3, 0.4) is 0 Å². The van der Waals surface area contributed by atoms with Crippen LogP contribution in [0, 0.1) is 5.41 Å². The van der Waals surface area contributed by atoms with Crippen LogP contribution in [0.2, 0.25) is 0 Å². The van der Waals surface area contributed by atoms with Crippen molar-refractivity contribution in [2.75, 3.05) is 40.5 Å². The number of carbonyl (C=O) groups excluding carboxylic acids is 1. The van der Waals surface area contributed by atoms with Crippen LogP contribution in [0.25, 0.3) is 0 Å². The molecule has 3 aliphatic rings. The number of nitrogens with zero attached hydrogens (tertiary/aromatic N) is 1. The third kappa shape index (κ3) is 3.20. The van der Waals surface area contributed by atoms with Gasteiger partial charge in [-0.3, -0.25) is 4.79 Å². The predicted octanol–water partition coefficient (Wildman–Crippen LogP) is 3.54. The van der Waals surface area contributed by atoms with Crippen molar-refractivity contribution in [3.05, 3.63) is 23.8 Å². The summed E-state index contributed by atoms with van der Waals surface area (Å²) >= 11 is 0. The summed E-state index contributed by atoms with van der Waals surface area (Å²) in [6, 6.07) is 6.01. The van der Waals surface area contributed by atoms with Gasteiger partial charge in [-0.15, -0.1) is 0 Å². The Labute approximate surface area is 162 Å². The molecule has 2 heterocycles. The lowest BCUT2D eigenvalue weighted by Crippen LogP contribution is -2.52. The van der Waals surface area contributed by atoms with Gasteiger partial charge in [0.15, 0.2) is 11.5 Å². The van der Waals surface area contributed by atoms with Gasteiger partial charge in [-0.2, -0.15) is 0 Å². The monoisotopic (exact) mass is 373 g/mol. The maximum Gasteiger partial charge on any atom is 0.233 e. The molecule has 1 atom stereocenters. The summed E-state index contributed by atoms with van der Waals surface area (Å²) in [4.78, 5) is 16.0. The summed E-state index contributed by atoms with van der Waals surface area (Å²) < 4.78 is 16.6. The Hall–Kier alpha value is -1.75. The predicted molar refractivity (Wildman–Crippen MR) is 103 cm³/mol. The highest BCUT2D eigenvalue weighted by molar-refractivity contribution is 5.89. The molecule has 1 aromatic carbocycles. The standard InChI is InChI=1S/C22H31NO4/c1-25-18-7-6-17(14-19(18)26-2)22(9-3-4-10-22)20(24)23-12-5-8-21(15-23)11-13-27-16-21/h6-7,14H,3-5,8-13,15-16H2,1-2H3. The lowest BCUT2D eigenvalue weighted by atomic mass is 9.74. The molecule has 4 rings (SSSR count). The molecule has 2 aliphatic heterocycles. The highest BCUT2D eigenvalue weighted by Gasteiger charge is 2.48. The minimum Gasteiger partial charge on any atom is -0.493 e. The molecule has 1 saturated carbocycles. The Morgan fingerprint density at radius 1 is 1.04 bits per heavy atom. The molecule has 0 bridgehead atoms. The SMILES string of the molecule is COc1ccc(C2(C(=O)N3CCCC4(CCOC4)C3)CCCC2)cc1OC. The van der Waals surface area contributed by atoms with Crippen molar-refractivity contribution >= 4 is 5.91 Å². The number of likely N-dealkylation sites (tertiary alicyclic amines) is 1. The molecule has 0 radical (unpaired) electrons. The number of carbonyl (C=O) groups is 1. The van der Waals surface area contributed by atoms with Crippen molar-refractivity contribution in [1.82, 2.24) is 4.90 Å². The summed E-state index contributed by atoms with van der Waals surface area (Å²) in [5.41, 5.74) is 0.841. The number of rotatable bonds is 4. The van der Waals surface area contributed by atoms with E-state index in [1.165, 1.54) is 6.42 Å². The van der Waals surface area contributed by atoms with Gasteiger partial charge in [0.1, 0.15) is 0 Å². The smallest absolute Gasteiger partial charge is 0.233 e. The summed E-state index contributed by atoms with van der Waals surface area (Å²) in [5, 5.41) is 0. The average molecular weight is 373 g/mol. The molecule has 1 amide bonds. The first-order valence-electron chi connectivity index (χ1n) is 10.2. The second-order valence-corrected chi connectivity index (χ2v) is 8.49. The molecule has 3 fully saturated rings. The van der Waals surface area contributed by atoms with Crippen molar-refractivity contribution in [2.45, 2.75) is 50.4 Å². The van der Waals surface area contributed by atoms with E-state index in [1.54, 1.807) is 14.2 Å². The van der Waals surface area contributed by atoms with Crippen molar-refractivity contribution in [3.8, 4) is 11.5 Å². The van der Waals surface area contributed by atoms with Gasteiger partial charge >= 0.3 is 0 Å². The Morgan fingerprint density at radius 3 is 2.48 bits per heavy atom. The molecule has 0 N–H and O–H groups in total. The molecule has 1 spiro atoms. The zero-order valence-corrected chi connectivity index (χ0v) is 16.6. The summed E-state index contributed by atoms with van der Waals surface area (Å²) in [7, 11) is 3.30. The van der Waals surface area contributed by atoms with Gasteiger partial charge in [0.05, 0.1) is 26.2 Å². The molecular weight excluding hydrogens is 342 g/mol. The quantitative estimate of drug-likeness (QED) is 0.810. The van der Waals surface area contributed by atoms with E-state index >= 15 is 0 Å². The van der Waals surface area contributed by atoms with Gasteiger partial charge in [-0.25, -0.2) is 0 Å². The molecule has 1 aliphatic carbocycles. The minimum absolute atomic E-state index is 0.186. The second-order valence-electron chi connectivity index (χ2n) is 8.49. The van der Waals surface area contributed by atoms with E-state index in [1.807, 2.05) is 12.1 Å². The highest BCUT2D eigenvalue weighted by Crippen LogP contribution is 2.46. The molecule has 0 aromatic heterocycles. The van der Waals surface area contributed by atoms with Gasteiger partial charge < -0.3 is 19.1 Å². The van der Waals surface area contributed by atoms with Gasteiger partial charge in [0, 0.05) is 25.1 Å². The number of ether oxygens (including phenoxy) is 3. The Morgan fingerprint density at radius 2 is 1.81 bits per heavy atom. The van der Waals surface area contributed by atoms with Crippen molar-refractivity contribution < 1.29 is 19.0 Å². The fourth-order valence-electron chi connectivity index (χ4n) is 5.39. The van der Waals surface area contributed by atoms with Crippen molar-refractivity contribution in [1.29, 1.82) is 0 Å². The maximum atomic E-state index is 13.8. The van der Waals surface area contributed by atoms with Crippen LogP contribution in [-0.4, -0.2) is 51.3 Å². The molecular formula is C22H31NO4. The van der Waals surface area contributed by atoms with Crippen LogP contribution >= 0.6 is 0 Å². The largest absolute Gasteiger partial charge is 0.493 e. The highest BCUT2D eigenvalue weighted by atomic mass is 16.5. The van der Waals surface area contributed by atoms with Gasteiger partial charge in [0.25, 0.3) is 0 Å². The number of methoxy groups -OCH3 is 2. The van der Waals surface area contributed by atoms with Crippen LogP contribution in [0.1, 0.15) is 50.5 Å². The van der Waals surface area contributed by atoms with Crippen molar-refractivity contribution in [3.63, 3.8) is 0 Å². The number of hydrogen-bond acceptors (Lipinski definition) is 4. The van der Waals surface area contributed by atoms with Gasteiger partial charge in [0.2, 0.25) is 5.91 Å².